The molecule has 0 saturated heterocycles. The van der Waals surface area contributed by atoms with E-state index in [1.807, 2.05) is 0 Å². The van der Waals surface area contributed by atoms with Crippen molar-refractivity contribution in [2.45, 2.75) is 12.3 Å². The van der Waals surface area contributed by atoms with Crippen LogP contribution in [0.1, 0.15) is 17.2 Å². The lowest BCUT2D eigenvalue weighted by atomic mass is 10.0. The van der Waals surface area contributed by atoms with E-state index in [1.165, 1.54) is 18.2 Å². The molecular formula is C17H16F3NO3. The number of benzene rings is 2. The topological polar surface area (TPSA) is 58.6 Å². The highest BCUT2D eigenvalue weighted by Crippen LogP contribution is 2.34. The second-order valence-corrected chi connectivity index (χ2v) is 5.01. The number of rotatable bonds is 6. The third-order valence-electron chi connectivity index (χ3n) is 3.23. The Bertz CT molecular complexity index is 674. The molecule has 2 N–H and O–H groups in total. The standard InChI is InChI=1S/C17H16F3NO3/c18-17(19,20)14-9-5-4-8-13(14)15(22)10-21-16(23)11-24-12-6-2-1-3-7-12/h1-9,15,22H,10-11H2,(H,21,23)/t15-/m1/s1. The Morgan fingerprint density at radius 3 is 2.38 bits per heavy atom. The molecule has 0 fully saturated rings. The summed E-state index contributed by atoms with van der Waals surface area (Å²) in [5, 5.41) is 12.3. The highest BCUT2D eigenvalue weighted by atomic mass is 19.4. The molecule has 4 nitrogen and oxygen atoms in total. The lowest BCUT2D eigenvalue weighted by molar-refractivity contribution is -0.139. The Labute approximate surface area is 136 Å². The van der Waals surface area contributed by atoms with Crippen LogP contribution in [0.2, 0.25) is 0 Å². The maximum atomic E-state index is 12.9. The number of carbonyl (C=O) groups excluding carboxylic acids is 1. The molecule has 0 aliphatic carbocycles. The smallest absolute Gasteiger partial charge is 0.416 e. The summed E-state index contributed by atoms with van der Waals surface area (Å²) in [7, 11) is 0. The molecule has 2 rings (SSSR count). The van der Waals surface area contributed by atoms with E-state index in [1.54, 1.807) is 30.3 Å². The van der Waals surface area contributed by atoms with E-state index in [-0.39, 0.29) is 18.7 Å². The molecule has 7 heteroatoms. The lowest BCUT2D eigenvalue weighted by Gasteiger charge is -2.18. The van der Waals surface area contributed by atoms with Gasteiger partial charge in [0.25, 0.3) is 5.91 Å². The Hall–Kier alpha value is -2.54. The van der Waals surface area contributed by atoms with E-state index in [0.717, 1.165) is 6.07 Å². The quantitative estimate of drug-likeness (QED) is 0.851. The second kappa shape index (κ2) is 7.83. The Kier molecular flexibility index (Phi) is 5.81. The molecule has 1 atom stereocenters. The van der Waals surface area contributed by atoms with E-state index in [9.17, 15) is 23.1 Å². The van der Waals surface area contributed by atoms with Gasteiger partial charge in [-0.05, 0) is 23.8 Å². The molecule has 2 aromatic rings. The van der Waals surface area contributed by atoms with Gasteiger partial charge in [-0.15, -0.1) is 0 Å². The van der Waals surface area contributed by atoms with E-state index in [2.05, 4.69) is 5.32 Å². The summed E-state index contributed by atoms with van der Waals surface area (Å²) in [6.07, 6.45) is -6.04. The van der Waals surface area contributed by atoms with Gasteiger partial charge in [-0.3, -0.25) is 4.79 Å². The third kappa shape index (κ3) is 4.99. The molecular weight excluding hydrogens is 323 g/mol. The predicted molar refractivity (Wildman–Crippen MR) is 81.4 cm³/mol. The molecule has 0 radical (unpaired) electrons. The monoisotopic (exact) mass is 339 g/mol. The lowest BCUT2D eigenvalue weighted by Crippen LogP contribution is -2.33. The van der Waals surface area contributed by atoms with Crippen LogP contribution in [0.3, 0.4) is 0 Å². The van der Waals surface area contributed by atoms with Crippen molar-refractivity contribution in [3.8, 4) is 5.75 Å². The summed E-state index contributed by atoms with van der Waals surface area (Å²) < 4.78 is 43.9. The first-order valence-electron chi connectivity index (χ1n) is 7.16. The Morgan fingerprint density at radius 1 is 1.08 bits per heavy atom. The fourth-order valence-corrected chi connectivity index (χ4v) is 2.08. The molecule has 2 aromatic carbocycles. The zero-order chi connectivity index (χ0) is 17.6. The van der Waals surface area contributed by atoms with Crippen LogP contribution in [0.4, 0.5) is 13.2 Å². The van der Waals surface area contributed by atoms with Crippen LogP contribution in [0, 0.1) is 0 Å². The SMILES string of the molecule is O=C(COc1ccccc1)NC[C@@H](O)c1ccccc1C(F)(F)F. The third-order valence-corrected chi connectivity index (χ3v) is 3.23. The van der Waals surface area contributed by atoms with Gasteiger partial charge >= 0.3 is 6.18 Å². The van der Waals surface area contributed by atoms with Gasteiger partial charge in [0.15, 0.2) is 6.61 Å². The number of halogens is 3. The highest BCUT2D eigenvalue weighted by molar-refractivity contribution is 5.77. The number of carbonyl (C=O) groups is 1. The number of para-hydroxylation sites is 1. The number of aliphatic hydroxyl groups excluding tert-OH is 1. The average molecular weight is 339 g/mol. The molecule has 0 spiro atoms. The van der Waals surface area contributed by atoms with Crippen molar-refractivity contribution in [3.05, 3.63) is 65.7 Å². The van der Waals surface area contributed by atoms with Crippen molar-refractivity contribution in [1.29, 1.82) is 0 Å². The van der Waals surface area contributed by atoms with E-state index in [4.69, 9.17) is 4.74 Å². The fourth-order valence-electron chi connectivity index (χ4n) is 2.08. The summed E-state index contributed by atoms with van der Waals surface area (Å²) in [5.74, 6) is -0.0435. The van der Waals surface area contributed by atoms with Crippen LogP contribution in [-0.4, -0.2) is 24.2 Å². The number of alkyl halides is 3. The molecule has 24 heavy (non-hydrogen) atoms. The van der Waals surface area contributed by atoms with Gasteiger partial charge < -0.3 is 15.2 Å². The van der Waals surface area contributed by atoms with Gasteiger partial charge in [0.1, 0.15) is 5.75 Å². The average Bonchev–Trinajstić information content (AvgIpc) is 2.58. The molecule has 0 heterocycles. The zero-order valence-electron chi connectivity index (χ0n) is 12.6. The Balaban J connectivity index is 1.89. The van der Waals surface area contributed by atoms with Crippen LogP contribution in [0.5, 0.6) is 5.75 Å². The van der Waals surface area contributed by atoms with Gasteiger partial charge in [0, 0.05) is 6.54 Å². The molecule has 0 bridgehead atoms. The minimum absolute atomic E-state index is 0.283. The normalized spacial score (nSPS) is 12.5. The maximum absolute atomic E-state index is 12.9. The zero-order valence-corrected chi connectivity index (χ0v) is 12.6. The fraction of sp³-hybridized carbons (Fsp3) is 0.235. The van der Waals surface area contributed by atoms with Crippen LogP contribution in [0.25, 0.3) is 0 Å². The van der Waals surface area contributed by atoms with Gasteiger partial charge in [-0.1, -0.05) is 36.4 Å². The highest BCUT2D eigenvalue weighted by Gasteiger charge is 2.34. The first-order chi connectivity index (χ1) is 11.4. The predicted octanol–water partition coefficient (Wildman–Crippen LogP) is 2.93. The minimum Gasteiger partial charge on any atom is -0.484 e. The molecule has 128 valence electrons. The summed E-state index contributed by atoms with van der Waals surface area (Å²) in [4.78, 5) is 11.7. The van der Waals surface area contributed by atoms with Crippen LogP contribution < -0.4 is 10.1 Å². The van der Waals surface area contributed by atoms with Gasteiger partial charge in [0.05, 0.1) is 11.7 Å². The van der Waals surface area contributed by atoms with Gasteiger partial charge in [0.2, 0.25) is 0 Å². The van der Waals surface area contributed by atoms with Crippen molar-refractivity contribution in [3.63, 3.8) is 0 Å². The summed E-state index contributed by atoms with van der Waals surface area (Å²) in [5.41, 5.74) is -1.21. The van der Waals surface area contributed by atoms with Crippen LogP contribution in [0.15, 0.2) is 54.6 Å². The Morgan fingerprint density at radius 2 is 1.71 bits per heavy atom. The van der Waals surface area contributed by atoms with Crippen LogP contribution >= 0.6 is 0 Å². The van der Waals surface area contributed by atoms with Crippen molar-refractivity contribution < 1.29 is 27.8 Å². The van der Waals surface area contributed by atoms with Crippen molar-refractivity contribution in [2.75, 3.05) is 13.2 Å². The number of hydrogen-bond acceptors (Lipinski definition) is 3. The molecule has 0 unspecified atom stereocenters. The number of amides is 1. The number of aliphatic hydroxyl groups is 1. The van der Waals surface area contributed by atoms with E-state index in [0.29, 0.717) is 5.75 Å². The first-order valence-corrected chi connectivity index (χ1v) is 7.16. The van der Waals surface area contributed by atoms with Crippen LogP contribution in [-0.2, 0) is 11.0 Å². The summed E-state index contributed by atoms with van der Waals surface area (Å²) in [6, 6.07) is 13.3. The molecule has 0 saturated carbocycles. The first kappa shape index (κ1) is 17.8. The largest absolute Gasteiger partial charge is 0.484 e. The number of hydrogen-bond donors (Lipinski definition) is 2. The van der Waals surface area contributed by atoms with E-state index >= 15 is 0 Å². The van der Waals surface area contributed by atoms with Crippen molar-refractivity contribution in [1.82, 2.24) is 5.32 Å². The second-order valence-electron chi connectivity index (χ2n) is 5.01. The summed E-state index contributed by atoms with van der Waals surface area (Å²) in [6.45, 7) is -0.637. The summed E-state index contributed by atoms with van der Waals surface area (Å²) >= 11 is 0. The molecule has 0 aromatic heterocycles. The molecule has 0 aliphatic heterocycles. The number of ether oxygens (including phenoxy) is 1. The molecule has 0 aliphatic rings. The van der Waals surface area contributed by atoms with Crippen molar-refractivity contribution >= 4 is 5.91 Å². The minimum atomic E-state index is -4.57. The van der Waals surface area contributed by atoms with Gasteiger partial charge in [-0.25, -0.2) is 0 Å². The molecule has 1 amide bonds. The maximum Gasteiger partial charge on any atom is 0.416 e. The van der Waals surface area contributed by atoms with Crippen molar-refractivity contribution in [2.24, 2.45) is 0 Å². The van der Waals surface area contributed by atoms with Gasteiger partial charge in [-0.2, -0.15) is 13.2 Å². The van der Waals surface area contributed by atoms with E-state index < -0.39 is 23.8 Å². The number of nitrogens with one attached hydrogen (secondary N) is 1.